The van der Waals surface area contributed by atoms with Gasteiger partial charge >= 0.3 is 0 Å². The second kappa shape index (κ2) is 6.44. The number of aliphatic hydroxyl groups excluding tert-OH is 1. The Bertz CT molecular complexity index is 570. The zero-order chi connectivity index (χ0) is 14.5. The summed E-state index contributed by atoms with van der Waals surface area (Å²) in [5.74, 6) is 1.23. The highest BCUT2D eigenvalue weighted by Gasteiger charge is 2.08. The average Bonchev–Trinajstić information content (AvgIpc) is 2.76. The average molecular weight is 277 g/mol. The first kappa shape index (κ1) is 14.4. The van der Waals surface area contributed by atoms with E-state index in [9.17, 15) is 5.11 Å². The van der Waals surface area contributed by atoms with Crippen LogP contribution >= 0.6 is 0 Å². The molecule has 0 saturated heterocycles. The van der Waals surface area contributed by atoms with Crippen molar-refractivity contribution < 1.29 is 9.84 Å². The number of methoxy groups -OCH3 is 1. The number of hydrogen-bond donors (Lipinski definition) is 2. The summed E-state index contributed by atoms with van der Waals surface area (Å²) in [6.07, 6.45) is 2.67. The zero-order valence-corrected chi connectivity index (χ0v) is 11.9. The molecule has 2 aromatic heterocycles. The van der Waals surface area contributed by atoms with Crippen LogP contribution in [0.3, 0.4) is 0 Å². The molecule has 1 atom stereocenters. The summed E-state index contributed by atoms with van der Waals surface area (Å²) < 4.78 is 6.60. The van der Waals surface area contributed by atoms with Gasteiger partial charge in [0.2, 0.25) is 0 Å². The largest absolute Gasteiger partial charge is 0.389 e. The van der Waals surface area contributed by atoms with Crippen LogP contribution < -0.4 is 5.32 Å². The van der Waals surface area contributed by atoms with Crippen LogP contribution in [-0.4, -0.2) is 51.2 Å². The van der Waals surface area contributed by atoms with E-state index >= 15 is 0 Å². The van der Waals surface area contributed by atoms with Crippen LogP contribution in [-0.2, 0) is 4.74 Å². The maximum Gasteiger partial charge on any atom is 0.174 e. The third kappa shape index (κ3) is 3.52. The predicted molar refractivity (Wildman–Crippen MR) is 75.0 cm³/mol. The molecule has 0 unspecified atom stereocenters. The van der Waals surface area contributed by atoms with Gasteiger partial charge in [-0.05, 0) is 19.9 Å². The van der Waals surface area contributed by atoms with Crippen LogP contribution in [0.1, 0.15) is 11.4 Å². The minimum atomic E-state index is -0.584. The van der Waals surface area contributed by atoms with Gasteiger partial charge in [0.25, 0.3) is 0 Å². The minimum absolute atomic E-state index is 0.275. The Morgan fingerprint density at radius 2 is 2.20 bits per heavy atom. The van der Waals surface area contributed by atoms with E-state index in [1.807, 2.05) is 19.9 Å². The highest BCUT2D eigenvalue weighted by Crippen LogP contribution is 2.11. The Labute approximate surface area is 117 Å². The smallest absolute Gasteiger partial charge is 0.174 e. The normalized spacial score (nSPS) is 12.4. The maximum absolute atomic E-state index is 9.59. The Balaban J connectivity index is 2.10. The number of aryl methyl sites for hydroxylation is 2. The standard InChI is InChI=1S/C13H19N5O2/c1-9-4-10(2)18(17-9)13-7-14-6-12(16-13)15-5-11(19)8-20-3/h4,6-7,11,19H,5,8H2,1-3H3,(H,15,16)/t11-/m0/s1. The lowest BCUT2D eigenvalue weighted by molar-refractivity contribution is 0.0727. The molecule has 0 aliphatic carbocycles. The molecule has 7 heteroatoms. The first-order valence-electron chi connectivity index (χ1n) is 6.36. The highest BCUT2D eigenvalue weighted by molar-refractivity contribution is 5.36. The van der Waals surface area contributed by atoms with E-state index in [0.29, 0.717) is 18.2 Å². The van der Waals surface area contributed by atoms with Crippen LogP contribution in [0.2, 0.25) is 0 Å². The van der Waals surface area contributed by atoms with Gasteiger partial charge in [-0.25, -0.2) is 9.67 Å². The van der Waals surface area contributed by atoms with Crippen molar-refractivity contribution in [1.29, 1.82) is 0 Å². The number of anilines is 1. The summed E-state index contributed by atoms with van der Waals surface area (Å²) in [5, 5.41) is 17.0. The van der Waals surface area contributed by atoms with Gasteiger partial charge in [0, 0.05) is 19.3 Å². The van der Waals surface area contributed by atoms with Gasteiger partial charge in [0.15, 0.2) is 5.82 Å². The number of aromatic nitrogens is 4. The van der Waals surface area contributed by atoms with Gasteiger partial charge in [0.05, 0.1) is 30.8 Å². The van der Waals surface area contributed by atoms with Gasteiger partial charge < -0.3 is 15.2 Å². The summed E-state index contributed by atoms with van der Waals surface area (Å²) in [7, 11) is 1.55. The Morgan fingerprint density at radius 3 is 2.85 bits per heavy atom. The quantitative estimate of drug-likeness (QED) is 0.808. The molecule has 0 bridgehead atoms. The van der Waals surface area contributed by atoms with Crippen LogP contribution in [0.25, 0.3) is 5.82 Å². The molecule has 0 aromatic carbocycles. The van der Waals surface area contributed by atoms with Crippen molar-refractivity contribution in [2.75, 3.05) is 25.6 Å². The molecule has 108 valence electrons. The van der Waals surface area contributed by atoms with E-state index in [0.717, 1.165) is 11.4 Å². The van der Waals surface area contributed by atoms with E-state index in [4.69, 9.17) is 4.74 Å². The van der Waals surface area contributed by atoms with E-state index in [1.54, 1.807) is 24.2 Å². The summed E-state index contributed by atoms with van der Waals surface area (Å²) in [6.45, 7) is 4.52. The number of rotatable bonds is 6. The fourth-order valence-corrected chi connectivity index (χ4v) is 1.88. The highest BCUT2D eigenvalue weighted by atomic mass is 16.5. The minimum Gasteiger partial charge on any atom is -0.389 e. The first-order valence-corrected chi connectivity index (χ1v) is 6.36. The van der Waals surface area contributed by atoms with Crippen LogP contribution in [0.4, 0.5) is 5.82 Å². The Kier molecular flexibility index (Phi) is 4.65. The van der Waals surface area contributed by atoms with Crippen LogP contribution in [0, 0.1) is 13.8 Å². The molecule has 0 radical (unpaired) electrons. The van der Waals surface area contributed by atoms with Crippen LogP contribution in [0.5, 0.6) is 0 Å². The van der Waals surface area contributed by atoms with Crippen molar-refractivity contribution in [3.05, 3.63) is 29.8 Å². The fraction of sp³-hybridized carbons (Fsp3) is 0.462. The lowest BCUT2D eigenvalue weighted by Crippen LogP contribution is -2.24. The van der Waals surface area contributed by atoms with Gasteiger partial charge in [-0.1, -0.05) is 0 Å². The van der Waals surface area contributed by atoms with Crippen LogP contribution in [0.15, 0.2) is 18.5 Å². The van der Waals surface area contributed by atoms with Crippen molar-refractivity contribution in [1.82, 2.24) is 19.7 Å². The van der Waals surface area contributed by atoms with Gasteiger partial charge in [0.1, 0.15) is 5.82 Å². The Morgan fingerprint density at radius 1 is 1.40 bits per heavy atom. The third-order valence-corrected chi connectivity index (χ3v) is 2.73. The molecule has 2 aromatic rings. The van der Waals surface area contributed by atoms with Crippen molar-refractivity contribution in [2.45, 2.75) is 20.0 Å². The van der Waals surface area contributed by atoms with E-state index < -0.39 is 6.10 Å². The molecule has 0 fully saturated rings. The summed E-state index contributed by atoms with van der Waals surface area (Å²) in [4.78, 5) is 8.56. The topological polar surface area (TPSA) is 85.1 Å². The molecule has 0 saturated carbocycles. The molecule has 2 N–H and O–H groups in total. The van der Waals surface area contributed by atoms with Gasteiger partial charge in [-0.15, -0.1) is 0 Å². The number of hydrogen-bond acceptors (Lipinski definition) is 6. The lowest BCUT2D eigenvalue weighted by atomic mass is 10.4. The van der Waals surface area contributed by atoms with E-state index in [2.05, 4.69) is 20.4 Å². The SMILES string of the molecule is COC[C@@H](O)CNc1cncc(-n2nc(C)cc2C)n1. The van der Waals surface area contributed by atoms with Crippen molar-refractivity contribution in [3.63, 3.8) is 0 Å². The fourth-order valence-electron chi connectivity index (χ4n) is 1.88. The number of nitrogens with one attached hydrogen (secondary N) is 1. The Hall–Kier alpha value is -1.99. The zero-order valence-electron chi connectivity index (χ0n) is 11.9. The second-order valence-corrected chi connectivity index (χ2v) is 4.59. The van der Waals surface area contributed by atoms with Crippen molar-refractivity contribution >= 4 is 5.82 Å². The molecule has 2 rings (SSSR count). The second-order valence-electron chi connectivity index (χ2n) is 4.59. The maximum atomic E-state index is 9.59. The van der Waals surface area contributed by atoms with E-state index in [1.165, 1.54) is 0 Å². The number of ether oxygens (including phenoxy) is 1. The third-order valence-electron chi connectivity index (χ3n) is 2.73. The molecule has 2 heterocycles. The summed E-state index contributed by atoms with van der Waals surface area (Å²) in [5.41, 5.74) is 1.92. The molecular weight excluding hydrogens is 258 g/mol. The molecular formula is C13H19N5O2. The molecule has 20 heavy (non-hydrogen) atoms. The van der Waals surface area contributed by atoms with E-state index in [-0.39, 0.29) is 6.61 Å². The summed E-state index contributed by atoms with van der Waals surface area (Å²) >= 11 is 0. The predicted octanol–water partition coefficient (Wildman–Crippen LogP) is 0.698. The number of aliphatic hydroxyl groups is 1. The van der Waals surface area contributed by atoms with Gasteiger partial charge in [-0.2, -0.15) is 5.10 Å². The van der Waals surface area contributed by atoms with Gasteiger partial charge in [-0.3, -0.25) is 4.98 Å². The summed E-state index contributed by atoms with van der Waals surface area (Å²) in [6, 6.07) is 1.98. The molecule has 0 spiro atoms. The first-order chi connectivity index (χ1) is 9.60. The molecule has 0 aliphatic rings. The van der Waals surface area contributed by atoms with Crippen molar-refractivity contribution in [2.24, 2.45) is 0 Å². The molecule has 0 amide bonds. The molecule has 7 nitrogen and oxygen atoms in total. The number of nitrogens with zero attached hydrogens (tertiary/aromatic N) is 4. The van der Waals surface area contributed by atoms with Crippen molar-refractivity contribution in [3.8, 4) is 5.82 Å². The monoisotopic (exact) mass is 277 g/mol. The molecule has 0 aliphatic heterocycles. The lowest BCUT2D eigenvalue weighted by Gasteiger charge is -2.11.